The van der Waals surface area contributed by atoms with Gasteiger partial charge >= 0.3 is 5.97 Å². The molecule has 0 bridgehead atoms. The number of carbonyl (C=O) groups excluding carboxylic acids is 2. The SMILES string of the molecule is COC(=O)c1ccc(NCC(=O)Nc2ccc(F)c(F)c2F)cc1. The lowest BCUT2D eigenvalue weighted by Gasteiger charge is -2.09. The van der Waals surface area contributed by atoms with Gasteiger partial charge < -0.3 is 15.4 Å². The molecule has 2 aromatic rings. The molecule has 2 aromatic carbocycles. The van der Waals surface area contributed by atoms with E-state index in [9.17, 15) is 22.8 Å². The Balaban J connectivity index is 1.94. The number of amides is 1. The molecule has 126 valence electrons. The molecule has 0 fully saturated rings. The van der Waals surface area contributed by atoms with Crippen molar-refractivity contribution in [3.8, 4) is 0 Å². The number of methoxy groups -OCH3 is 1. The number of ether oxygens (including phenoxy) is 1. The Hall–Kier alpha value is -3.03. The summed E-state index contributed by atoms with van der Waals surface area (Å²) in [6.45, 7) is -0.240. The molecule has 2 N–H and O–H groups in total. The molecule has 0 atom stereocenters. The molecule has 24 heavy (non-hydrogen) atoms. The molecule has 0 saturated heterocycles. The smallest absolute Gasteiger partial charge is 0.337 e. The van der Waals surface area contributed by atoms with E-state index in [4.69, 9.17) is 0 Å². The quantitative estimate of drug-likeness (QED) is 0.650. The number of hydrogen-bond acceptors (Lipinski definition) is 4. The number of halogens is 3. The van der Waals surface area contributed by atoms with Gasteiger partial charge in [0.15, 0.2) is 17.5 Å². The van der Waals surface area contributed by atoms with Gasteiger partial charge in [0, 0.05) is 5.69 Å². The summed E-state index contributed by atoms with van der Waals surface area (Å²) in [4.78, 5) is 23.0. The first kappa shape index (κ1) is 17.3. The first-order valence-corrected chi connectivity index (χ1v) is 6.78. The zero-order valence-electron chi connectivity index (χ0n) is 12.5. The lowest BCUT2D eigenvalue weighted by molar-refractivity contribution is -0.114. The molecule has 0 aromatic heterocycles. The minimum Gasteiger partial charge on any atom is -0.465 e. The molecule has 0 aliphatic carbocycles. The van der Waals surface area contributed by atoms with E-state index in [0.717, 1.165) is 6.07 Å². The second-order valence-electron chi connectivity index (χ2n) is 4.69. The van der Waals surface area contributed by atoms with Gasteiger partial charge in [-0.15, -0.1) is 0 Å². The monoisotopic (exact) mass is 338 g/mol. The molecule has 0 heterocycles. The van der Waals surface area contributed by atoms with Crippen LogP contribution in [0.5, 0.6) is 0 Å². The number of carbonyl (C=O) groups is 2. The molecule has 1 amide bonds. The van der Waals surface area contributed by atoms with Crippen LogP contribution in [0.3, 0.4) is 0 Å². The fourth-order valence-electron chi connectivity index (χ4n) is 1.84. The highest BCUT2D eigenvalue weighted by molar-refractivity contribution is 5.94. The third kappa shape index (κ3) is 4.03. The van der Waals surface area contributed by atoms with Gasteiger partial charge in [-0.3, -0.25) is 4.79 Å². The predicted octanol–water partition coefficient (Wildman–Crippen LogP) is 2.94. The number of rotatable bonds is 5. The van der Waals surface area contributed by atoms with Gasteiger partial charge in [-0.2, -0.15) is 0 Å². The Kier molecular flexibility index (Phi) is 5.41. The summed E-state index contributed by atoms with van der Waals surface area (Å²) in [5.41, 5.74) is 0.418. The summed E-state index contributed by atoms with van der Waals surface area (Å²) >= 11 is 0. The van der Waals surface area contributed by atoms with Crippen molar-refractivity contribution in [2.45, 2.75) is 0 Å². The average Bonchev–Trinajstić information content (AvgIpc) is 2.60. The van der Waals surface area contributed by atoms with Crippen LogP contribution < -0.4 is 10.6 Å². The van der Waals surface area contributed by atoms with E-state index in [1.54, 1.807) is 12.1 Å². The van der Waals surface area contributed by atoms with Gasteiger partial charge in [-0.25, -0.2) is 18.0 Å². The fourth-order valence-corrected chi connectivity index (χ4v) is 1.84. The molecule has 0 saturated carbocycles. The number of benzene rings is 2. The average molecular weight is 338 g/mol. The van der Waals surface area contributed by atoms with Gasteiger partial charge in [-0.05, 0) is 36.4 Å². The standard InChI is InChI=1S/C16H13F3N2O3/c1-24-16(23)9-2-4-10(5-3-9)20-8-13(22)21-12-7-6-11(17)14(18)15(12)19/h2-7,20H,8H2,1H3,(H,21,22). The van der Waals surface area contributed by atoms with Crippen LogP contribution in [-0.4, -0.2) is 25.5 Å². The van der Waals surface area contributed by atoms with Crippen LogP contribution in [0.1, 0.15) is 10.4 Å². The molecule has 8 heteroatoms. The molecular formula is C16H13F3N2O3. The summed E-state index contributed by atoms with van der Waals surface area (Å²) in [6, 6.07) is 7.75. The Morgan fingerprint density at radius 1 is 1.00 bits per heavy atom. The van der Waals surface area contributed by atoms with Crippen LogP contribution in [0.2, 0.25) is 0 Å². The van der Waals surface area contributed by atoms with Gasteiger partial charge in [0.25, 0.3) is 0 Å². The Morgan fingerprint density at radius 3 is 2.29 bits per heavy atom. The van der Waals surface area contributed by atoms with Crippen molar-refractivity contribution in [1.82, 2.24) is 0 Å². The first-order valence-electron chi connectivity index (χ1n) is 6.78. The largest absolute Gasteiger partial charge is 0.465 e. The molecule has 0 radical (unpaired) electrons. The predicted molar refractivity (Wildman–Crippen MR) is 81.2 cm³/mol. The Labute approximate surface area is 135 Å². The first-order chi connectivity index (χ1) is 11.4. The van der Waals surface area contributed by atoms with Crippen LogP contribution in [0.15, 0.2) is 36.4 Å². The molecule has 0 aliphatic heterocycles. The fraction of sp³-hybridized carbons (Fsp3) is 0.125. The van der Waals surface area contributed by atoms with Crippen molar-refractivity contribution < 1.29 is 27.5 Å². The summed E-state index contributed by atoms with van der Waals surface area (Å²) < 4.78 is 43.9. The van der Waals surface area contributed by atoms with E-state index in [2.05, 4.69) is 15.4 Å². The number of nitrogens with one attached hydrogen (secondary N) is 2. The van der Waals surface area contributed by atoms with Crippen LogP contribution in [0.25, 0.3) is 0 Å². The van der Waals surface area contributed by atoms with Crippen molar-refractivity contribution in [2.24, 2.45) is 0 Å². The van der Waals surface area contributed by atoms with Crippen LogP contribution >= 0.6 is 0 Å². The second kappa shape index (κ2) is 7.49. The van der Waals surface area contributed by atoms with E-state index in [1.807, 2.05) is 0 Å². The van der Waals surface area contributed by atoms with Gasteiger partial charge in [0.1, 0.15) is 0 Å². The molecule has 0 spiro atoms. The van der Waals surface area contributed by atoms with Gasteiger partial charge in [-0.1, -0.05) is 0 Å². The molecule has 0 unspecified atom stereocenters. The number of hydrogen-bond donors (Lipinski definition) is 2. The highest BCUT2D eigenvalue weighted by atomic mass is 19.2. The van der Waals surface area contributed by atoms with Crippen molar-refractivity contribution in [1.29, 1.82) is 0 Å². The van der Waals surface area contributed by atoms with Crippen LogP contribution in [0, 0.1) is 17.5 Å². The number of anilines is 2. The van der Waals surface area contributed by atoms with E-state index in [1.165, 1.54) is 19.2 Å². The van der Waals surface area contributed by atoms with Crippen LogP contribution in [-0.2, 0) is 9.53 Å². The highest BCUT2D eigenvalue weighted by Gasteiger charge is 2.15. The minimum atomic E-state index is -1.65. The summed E-state index contributed by atoms with van der Waals surface area (Å²) in [5.74, 6) is -5.61. The van der Waals surface area contributed by atoms with Gasteiger partial charge in [0.2, 0.25) is 5.91 Å². The maximum atomic E-state index is 13.4. The number of esters is 1. The third-order valence-electron chi connectivity index (χ3n) is 3.07. The maximum Gasteiger partial charge on any atom is 0.337 e. The highest BCUT2D eigenvalue weighted by Crippen LogP contribution is 2.19. The summed E-state index contributed by atoms with van der Waals surface area (Å²) in [5, 5.41) is 4.87. The zero-order chi connectivity index (χ0) is 17.7. The van der Waals surface area contributed by atoms with Crippen LogP contribution in [0.4, 0.5) is 24.5 Å². The van der Waals surface area contributed by atoms with Crippen molar-refractivity contribution in [2.75, 3.05) is 24.3 Å². The molecule has 0 aliphatic rings. The molecule has 5 nitrogen and oxygen atoms in total. The summed E-state index contributed by atoms with van der Waals surface area (Å²) in [7, 11) is 1.26. The minimum absolute atomic E-state index is 0.240. The van der Waals surface area contributed by atoms with Crippen molar-refractivity contribution >= 4 is 23.3 Å². The van der Waals surface area contributed by atoms with E-state index < -0.39 is 35.0 Å². The topological polar surface area (TPSA) is 67.4 Å². The Bertz CT molecular complexity index is 764. The van der Waals surface area contributed by atoms with E-state index >= 15 is 0 Å². The zero-order valence-corrected chi connectivity index (χ0v) is 12.5. The lowest BCUT2D eigenvalue weighted by atomic mass is 10.2. The van der Waals surface area contributed by atoms with Crippen molar-refractivity contribution in [3.05, 3.63) is 59.4 Å². The van der Waals surface area contributed by atoms with E-state index in [-0.39, 0.29) is 6.54 Å². The summed E-state index contributed by atoms with van der Waals surface area (Å²) in [6.07, 6.45) is 0. The lowest BCUT2D eigenvalue weighted by Crippen LogP contribution is -2.22. The third-order valence-corrected chi connectivity index (χ3v) is 3.07. The normalized spacial score (nSPS) is 10.2. The maximum absolute atomic E-state index is 13.4. The Morgan fingerprint density at radius 2 is 1.67 bits per heavy atom. The molecular weight excluding hydrogens is 325 g/mol. The second-order valence-corrected chi connectivity index (χ2v) is 4.69. The van der Waals surface area contributed by atoms with Gasteiger partial charge in [0.05, 0.1) is 24.9 Å². The van der Waals surface area contributed by atoms with Crippen molar-refractivity contribution in [3.63, 3.8) is 0 Å². The molecule has 2 rings (SSSR count). The van der Waals surface area contributed by atoms with E-state index in [0.29, 0.717) is 17.3 Å².